The second-order valence-corrected chi connectivity index (χ2v) is 4.86. The maximum Gasteiger partial charge on any atom is 0.246 e. The number of hydrogen-bond donors (Lipinski definition) is 2. The lowest BCUT2D eigenvalue weighted by Crippen LogP contribution is -2.38. The molecule has 1 saturated heterocycles. The van der Waals surface area contributed by atoms with E-state index in [1.807, 2.05) is 6.92 Å². The Morgan fingerprint density at radius 3 is 2.67 bits per heavy atom. The first kappa shape index (κ1) is 10.7. The summed E-state index contributed by atoms with van der Waals surface area (Å²) in [6, 6.07) is 0. The zero-order valence-electron chi connectivity index (χ0n) is 9.60. The summed E-state index contributed by atoms with van der Waals surface area (Å²) >= 11 is 0. The molecule has 0 aromatic heterocycles. The fourth-order valence-corrected chi connectivity index (χ4v) is 1.89. The molecule has 3 nitrogen and oxygen atoms in total. The minimum absolute atomic E-state index is 0.124. The molecule has 0 aromatic carbocycles. The highest BCUT2D eigenvalue weighted by Crippen LogP contribution is 2.36. The monoisotopic (exact) mass is 208 g/mol. The van der Waals surface area contributed by atoms with Gasteiger partial charge in [0.25, 0.3) is 0 Å². The van der Waals surface area contributed by atoms with E-state index in [0.29, 0.717) is 5.92 Å². The summed E-state index contributed by atoms with van der Waals surface area (Å²) in [5, 5.41) is 6.18. The van der Waals surface area contributed by atoms with E-state index in [4.69, 9.17) is 0 Å². The molecule has 15 heavy (non-hydrogen) atoms. The summed E-state index contributed by atoms with van der Waals surface area (Å²) in [6.45, 7) is 6.76. The number of hydrogen-bond acceptors (Lipinski definition) is 2. The first-order valence-electron chi connectivity index (χ1n) is 5.86. The van der Waals surface area contributed by atoms with E-state index in [0.717, 1.165) is 31.1 Å². The topological polar surface area (TPSA) is 41.1 Å². The molecular formula is C12H20N2O. The Balaban J connectivity index is 1.76. The van der Waals surface area contributed by atoms with Crippen LogP contribution in [0.15, 0.2) is 11.1 Å². The Morgan fingerprint density at radius 1 is 1.53 bits per heavy atom. The van der Waals surface area contributed by atoms with E-state index < -0.39 is 0 Å². The largest absolute Gasteiger partial charge is 0.352 e. The van der Waals surface area contributed by atoms with E-state index in [1.165, 1.54) is 18.4 Å². The Morgan fingerprint density at radius 2 is 2.20 bits per heavy atom. The van der Waals surface area contributed by atoms with Crippen molar-refractivity contribution < 1.29 is 4.79 Å². The Labute approximate surface area is 91.3 Å². The van der Waals surface area contributed by atoms with Gasteiger partial charge in [-0.25, -0.2) is 0 Å². The number of carbonyl (C=O) groups excluding carboxylic acids is 1. The van der Waals surface area contributed by atoms with Gasteiger partial charge < -0.3 is 10.6 Å². The minimum atomic E-state index is 0.124. The highest BCUT2D eigenvalue weighted by Gasteiger charge is 2.28. The number of carbonyl (C=O) groups is 1. The number of nitrogens with one attached hydrogen (secondary N) is 2. The SMILES string of the molecule is CC(C(=O)NCC(C)C1CC1)=C1CNC1. The highest BCUT2D eigenvalue weighted by atomic mass is 16.1. The van der Waals surface area contributed by atoms with Gasteiger partial charge in [0, 0.05) is 25.2 Å². The molecule has 2 aliphatic rings. The molecule has 0 bridgehead atoms. The fraction of sp³-hybridized carbons (Fsp3) is 0.750. The number of amides is 1. The standard InChI is InChI=1S/C12H20N2O/c1-8(10-3-4-10)5-14-12(15)9(2)11-6-13-7-11/h8,10,13H,3-7H2,1-2H3,(H,14,15). The van der Waals surface area contributed by atoms with Crippen molar-refractivity contribution >= 4 is 5.91 Å². The van der Waals surface area contributed by atoms with Crippen molar-refractivity contribution in [2.45, 2.75) is 26.7 Å². The van der Waals surface area contributed by atoms with Crippen LogP contribution in [0.1, 0.15) is 26.7 Å². The maximum atomic E-state index is 11.7. The van der Waals surface area contributed by atoms with Crippen LogP contribution in [-0.4, -0.2) is 25.5 Å². The molecule has 2 N–H and O–H groups in total. The third-order valence-electron chi connectivity index (χ3n) is 3.56. The lowest BCUT2D eigenvalue weighted by atomic mass is 10.0. The lowest BCUT2D eigenvalue weighted by molar-refractivity contribution is -0.117. The first-order chi connectivity index (χ1) is 7.18. The van der Waals surface area contributed by atoms with Crippen LogP contribution < -0.4 is 10.6 Å². The average Bonchev–Trinajstić information content (AvgIpc) is 2.93. The van der Waals surface area contributed by atoms with Gasteiger partial charge in [0.05, 0.1) is 0 Å². The second-order valence-electron chi connectivity index (χ2n) is 4.86. The van der Waals surface area contributed by atoms with Crippen molar-refractivity contribution in [1.29, 1.82) is 0 Å². The van der Waals surface area contributed by atoms with Gasteiger partial charge in [-0.05, 0) is 37.2 Å². The molecule has 84 valence electrons. The van der Waals surface area contributed by atoms with Crippen LogP contribution in [-0.2, 0) is 4.79 Å². The molecule has 1 amide bonds. The molecule has 0 radical (unpaired) electrons. The zero-order chi connectivity index (χ0) is 10.8. The summed E-state index contributed by atoms with van der Waals surface area (Å²) in [7, 11) is 0. The summed E-state index contributed by atoms with van der Waals surface area (Å²) in [5.41, 5.74) is 2.17. The molecule has 1 heterocycles. The van der Waals surface area contributed by atoms with Gasteiger partial charge in [-0.2, -0.15) is 0 Å². The van der Waals surface area contributed by atoms with Crippen LogP contribution >= 0.6 is 0 Å². The molecule has 0 aromatic rings. The van der Waals surface area contributed by atoms with E-state index in [-0.39, 0.29) is 5.91 Å². The minimum Gasteiger partial charge on any atom is -0.352 e. The third kappa shape index (κ3) is 2.59. The van der Waals surface area contributed by atoms with Gasteiger partial charge in [0.15, 0.2) is 0 Å². The van der Waals surface area contributed by atoms with E-state index in [9.17, 15) is 4.79 Å². The smallest absolute Gasteiger partial charge is 0.246 e. The Hall–Kier alpha value is -0.830. The van der Waals surface area contributed by atoms with Crippen molar-refractivity contribution in [3.8, 4) is 0 Å². The summed E-state index contributed by atoms with van der Waals surface area (Å²) in [4.78, 5) is 11.7. The van der Waals surface area contributed by atoms with Gasteiger partial charge in [0.1, 0.15) is 0 Å². The van der Waals surface area contributed by atoms with Crippen molar-refractivity contribution in [2.75, 3.05) is 19.6 Å². The first-order valence-corrected chi connectivity index (χ1v) is 5.86. The lowest BCUT2D eigenvalue weighted by Gasteiger charge is -2.22. The quantitative estimate of drug-likeness (QED) is 0.678. The summed E-state index contributed by atoms with van der Waals surface area (Å²) < 4.78 is 0. The van der Waals surface area contributed by atoms with Gasteiger partial charge in [-0.15, -0.1) is 0 Å². The molecule has 1 atom stereocenters. The molecule has 0 spiro atoms. The summed E-state index contributed by atoms with van der Waals surface area (Å²) in [6.07, 6.45) is 2.70. The predicted octanol–water partition coefficient (Wildman–Crippen LogP) is 1.07. The van der Waals surface area contributed by atoms with E-state index >= 15 is 0 Å². The van der Waals surface area contributed by atoms with Crippen LogP contribution in [0.2, 0.25) is 0 Å². The Bertz CT molecular complexity index is 286. The van der Waals surface area contributed by atoms with Crippen LogP contribution in [0.4, 0.5) is 0 Å². The van der Waals surface area contributed by atoms with Crippen molar-refractivity contribution in [2.24, 2.45) is 11.8 Å². The van der Waals surface area contributed by atoms with Crippen molar-refractivity contribution in [1.82, 2.24) is 10.6 Å². The van der Waals surface area contributed by atoms with Crippen LogP contribution in [0, 0.1) is 11.8 Å². The molecule has 1 aliphatic carbocycles. The molecule has 1 saturated carbocycles. The second kappa shape index (κ2) is 4.35. The van der Waals surface area contributed by atoms with Gasteiger partial charge in [0.2, 0.25) is 5.91 Å². The maximum absolute atomic E-state index is 11.7. The molecule has 1 unspecified atom stereocenters. The third-order valence-corrected chi connectivity index (χ3v) is 3.56. The van der Waals surface area contributed by atoms with Crippen LogP contribution in [0.5, 0.6) is 0 Å². The molecule has 3 heteroatoms. The van der Waals surface area contributed by atoms with Gasteiger partial charge in [-0.1, -0.05) is 6.92 Å². The van der Waals surface area contributed by atoms with Gasteiger partial charge >= 0.3 is 0 Å². The van der Waals surface area contributed by atoms with E-state index in [2.05, 4.69) is 17.6 Å². The van der Waals surface area contributed by atoms with Crippen molar-refractivity contribution in [3.63, 3.8) is 0 Å². The Kier molecular flexibility index (Phi) is 3.10. The average molecular weight is 208 g/mol. The van der Waals surface area contributed by atoms with Crippen LogP contribution in [0.3, 0.4) is 0 Å². The highest BCUT2D eigenvalue weighted by molar-refractivity contribution is 5.93. The van der Waals surface area contributed by atoms with Gasteiger partial charge in [-0.3, -0.25) is 4.79 Å². The molecule has 1 aliphatic heterocycles. The zero-order valence-corrected chi connectivity index (χ0v) is 9.60. The van der Waals surface area contributed by atoms with Crippen molar-refractivity contribution in [3.05, 3.63) is 11.1 Å². The van der Waals surface area contributed by atoms with E-state index in [1.54, 1.807) is 0 Å². The fourth-order valence-electron chi connectivity index (χ4n) is 1.89. The molecule has 2 rings (SSSR count). The molecule has 2 fully saturated rings. The number of rotatable bonds is 4. The normalized spacial score (nSPS) is 21.9. The summed E-state index contributed by atoms with van der Waals surface area (Å²) in [5.74, 6) is 1.63. The predicted molar refractivity (Wildman–Crippen MR) is 60.5 cm³/mol. The van der Waals surface area contributed by atoms with Crippen LogP contribution in [0.25, 0.3) is 0 Å². The molecular weight excluding hydrogens is 188 g/mol.